The standard InChI is InChI=1S/C19H23IN2O3S/c1-13(2)22-26(24,25)12-16-9-5-4-8-15(16)11-21-19(23)17-10-6-7-14(3)18(17)20/h4-10,13,22H,11-12H2,1-3H3,(H,21,23). The van der Waals surface area contributed by atoms with Crippen LogP contribution in [0.15, 0.2) is 42.5 Å². The second-order valence-electron chi connectivity index (χ2n) is 6.42. The van der Waals surface area contributed by atoms with Crippen molar-refractivity contribution in [1.82, 2.24) is 10.0 Å². The molecule has 0 saturated carbocycles. The summed E-state index contributed by atoms with van der Waals surface area (Å²) in [5.74, 6) is -0.282. The van der Waals surface area contributed by atoms with Crippen molar-refractivity contribution in [3.8, 4) is 0 Å². The number of hydrogen-bond acceptors (Lipinski definition) is 3. The Morgan fingerprint density at radius 2 is 1.73 bits per heavy atom. The molecule has 0 heterocycles. The van der Waals surface area contributed by atoms with E-state index in [4.69, 9.17) is 0 Å². The van der Waals surface area contributed by atoms with Crippen molar-refractivity contribution in [1.29, 1.82) is 0 Å². The molecule has 0 atom stereocenters. The SMILES string of the molecule is Cc1cccc(C(=O)NCc2ccccc2CS(=O)(=O)NC(C)C)c1I. The molecule has 26 heavy (non-hydrogen) atoms. The van der Waals surface area contributed by atoms with Gasteiger partial charge >= 0.3 is 0 Å². The highest BCUT2D eigenvalue weighted by Crippen LogP contribution is 2.17. The first kappa shape index (κ1) is 20.9. The summed E-state index contributed by atoms with van der Waals surface area (Å²) in [7, 11) is -3.42. The summed E-state index contributed by atoms with van der Waals surface area (Å²) >= 11 is 2.16. The van der Waals surface area contributed by atoms with E-state index in [1.165, 1.54) is 0 Å². The molecule has 5 nitrogen and oxygen atoms in total. The number of rotatable bonds is 7. The van der Waals surface area contributed by atoms with Gasteiger partial charge in [-0.1, -0.05) is 36.4 Å². The lowest BCUT2D eigenvalue weighted by atomic mass is 10.1. The minimum absolute atomic E-state index is 0.112. The van der Waals surface area contributed by atoms with Crippen LogP contribution in [0.3, 0.4) is 0 Å². The normalized spacial score (nSPS) is 11.6. The summed E-state index contributed by atoms with van der Waals surface area (Å²) in [6.45, 7) is 5.80. The van der Waals surface area contributed by atoms with Gasteiger partial charge in [0.25, 0.3) is 5.91 Å². The second kappa shape index (κ2) is 8.96. The Morgan fingerprint density at radius 1 is 1.08 bits per heavy atom. The topological polar surface area (TPSA) is 75.3 Å². The summed E-state index contributed by atoms with van der Waals surface area (Å²) < 4.78 is 27.9. The number of carbonyl (C=O) groups is 1. The molecule has 0 spiro atoms. The molecule has 2 rings (SSSR count). The molecule has 140 valence electrons. The van der Waals surface area contributed by atoms with Crippen molar-refractivity contribution in [2.24, 2.45) is 0 Å². The monoisotopic (exact) mass is 486 g/mol. The molecule has 0 radical (unpaired) electrons. The van der Waals surface area contributed by atoms with Crippen LogP contribution < -0.4 is 10.0 Å². The third-order valence-corrected chi connectivity index (χ3v) is 6.71. The van der Waals surface area contributed by atoms with E-state index in [9.17, 15) is 13.2 Å². The van der Waals surface area contributed by atoms with E-state index in [2.05, 4.69) is 32.6 Å². The van der Waals surface area contributed by atoms with Crippen molar-refractivity contribution in [2.45, 2.75) is 39.1 Å². The van der Waals surface area contributed by atoms with E-state index in [0.717, 1.165) is 14.7 Å². The molecule has 7 heteroatoms. The van der Waals surface area contributed by atoms with Crippen LogP contribution in [0.5, 0.6) is 0 Å². The van der Waals surface area contributed by atoms with Gasteiger partial charge in [0, 0.05) is 16.2 Å². The predicted molar refractivity (Wildman–Crippen MR) is 112 cm³/mol. The first-order chi connectivity index (χ1) is 12.2. The number of hydrogen-bond donors (Lipinski definition) is 2. The lowest BCUT2D eigenvalue weighted by Crippen LogP contribution is -2.32. The zero-order valence-corrected chi connectivity index (χ0v) is 18.0. The van der Waals surface area contributed by atoms with E-state index in [-0.39, 0.29) is 24.2 Å². The Hall–Kier alpha value is -1.45. The molecular formula is C19H23IN2O3S. The average molecular weight is 486 g/mol. The number of carbonyl (C=O) groups excluding carboxylic acids is 1. The molecule has 0 saturated heterocycles. The maximum absolute atomic E-state index is 12.5. The van der Waals surface area contributed by atoms with Crippen LogP contribution in [-0.2, 0) is 22.3 Å². The van der Waals surface area contributed by atoms with Crippen LogP contribution in [-0.4, -0.2) is 20.4 Å². The third kappa shape index (κ3) is 5.78. The minimum Gasteiger partial charge on any atom is -0.348 e. The maximum Gasteiger partial charge on any atom is 0.252 e. The first-order valence-electron chi connectivity index (χ1n) is 8.29. The Morgan fingerprint density at radius 3 is 2.38 bits per heavy atom. The van der Waals surface area contributed by atoms with E-state index in [0.29, 0.717) is 11.1 Å². The molecule has 1 amide bonds. The summed E-state index contributed by atoms with van der Waals surface area (Å²) in [6.07, 6.45) is 0. The lowest BCUT2D eigenvalue weighted by Gasteiger charge is -2.14. The van der Waals surface area contributed by atoms with Crippen molar-refractivity contribution in [2.75, 3.05) is 0 Å². The van der Waals surface area contributed by atoms with Crippen LogP contribution in [0.2, 0.25) is 0 Å². The van der Waals surface area contributed by atoms with Crippen LogP contribution in [0, 0.1) is 10.5 Å². The molecule has 2 N–H and O–H groups in total. The predicted octanol–water partition coefficient (Wildman–Crippen LogP) is 3.36. The molecule has 0 unspecified atom stereocenters. The number of nitrogens with one attached hydrogen (secondary N) is 2. The van der Waals surface area contributed by atoms with Gasteiger partial charge in [-0.3, -0.25) is 4.79 Å². The Kier molecular flexibility index (Phi) is 7.19. The fourth-order valence-corrected chi connectivity index (χ4v) is 4.67. The Bertz CT molecular complexity index is 895. The molecule has 0 aromatic heterocycles. The molecule has 0 fully saturated rings. The van der Waals surface area contributed by atoms with Crippen molar-refractivity contribution < 1.29 is 13.2 Å². The smallest absolute Gasteiger partial charge is 0.252 e. The van der Waals surface area contributed by atoms with Crippen LogP contribution in [0.25, 0.3) is 0 Å². The van der Waals surface area contributed by atoms with E-state index < -0.39 is 10.0 Å². The van der Waals surface area contributed by atoms with Gasteiger partial charge in [0.1, 0.15) is 0 Å². The molecule has 0 aliphatic rings. The molecular weight excluding hydrogens is 463 g/mol. The third-order valence-electron chi connectivity index (χ3n) is 3.75. The Balaban J connectivity index is 2.13. The van der Waals surface area contributed by atoms with Gasteiger partial charge in [0.2, 0.25) is 10.0 Å². The van der Waals surface area contributed by atoms with Gasteiger partial charge < -0.3 is 5.32 Å². The summed E-state index contributed by atoms with van der Waals surface area (Å²) in [4.78, 5) is 12.5. The van der Waals surface area contributed by atoms with Crippen LogP contribution >= 0.6 is 22.6 Å². The van der Waals surface area contributed by atoms with Crippen LogP contribution in [0.4, 0.5) is 0 Å². The average Bonchev–Trinajstić information content (AvgIpc) is 2.54. The molecule has 0 bridgehead atoms. The largest absolute Gasteiger partial charge is 0.348 e. The number of amides is 1. The molecule has 0 aliphatic carbocycles. The van der Waals surface area contributed by atoms with Crippen molar-refractivity contribution >= 4 is 38.5 Å². The zero-order chi connectivity index (χ0) is 19.3. The van der Waals surface area contributed by atoms with Gasteiger partial charge in [-0.25, -0.2) is 13.1 Å². The maximum atomic E-state index is 12.5. The first-order valence-corrected chi connectivity index (χ1v) is 11.0. The van der Waals surface area contributed by atoms with Crippen molar-refractivity contribution in [3.05, 3.63) is 68.3 Å². The van der Waals surface area contributed by atoms with Gasteiger partial charge in [0.05, 0.1) is 11.3 Å². The Labute approximate surface area is 168 Å². The lowest BCUT2D eigenvalue weighted by molar-refractivity contribution is 0.0950. The highest BCUT2D eigenvalue weighted by atomic mass is 127. The van der Waals surface area contributed by atoms with E-state index in [1.807, 2.05) is 31.2 Å². The van der Waals surface area contributed by atoms with Gasteiger partial charge in [-0.15, -0.1) is 0 Å². The zero-order valence-electron chi connectivity index (χ0n) is 15.0. The minimum atomic E-state index is -3.42. The van der Waals surface area contributed by atoms with E-state index in [1.54, 1.807) is 32.0 Å². The van der Waals surface area contributed by atoms with Crippen LogP contribution in [0.1, 0.15) is 40.9 Å². The second-order valence-corrected chi connectivity index (χ2v) is 9.25. The van der Waals surface area contributed by atoms with Crippen molar-refractivity contribution in [3.63, 3.8) is 0 Å². The number of sulfonamides is 1. The highest BCUT2D eigenvalue weighted by Gasteiger charge is 2.16. The number of benzene rings is 2. The van der Waals surface area contributed by atoms with Gasteiger partial charge in [0.15, 0.2) is 0 Å². The van der Waals surface area contributed by atoms with Gasteiger partial charge in [-0.05, 0) is 66.1 Å². The summed E-state index contributed by atoms with van der Waals surface area (Å²) in [6, 6.07) is 12.7. The number of halogens is 1. The molecule has 2 aromatic carbocycles. The quantitative estimate of drug-likeness (QED) is 0.590. The van der Waals surface area contributed by atoms with E-state index >= 15 is 0 Å². The molecule has 0 aliphatic heterocycles. The fraction of sp³-hybridized carbons (Fsp3) is 0.316. The number of aryl methyl sites for hydroxylation is 1. The fourth-order valence-electron chi connectivity index (χ4n) is 2.57. The highest BCUT2D eigenvalue weighted by molar-refractivity contribution is 14.1. The summed E-state index contributed by atoms with van der Waals surface area (Å²) in [5, 5.41) is 2.89. The molecule has 2 aromatic rings. The summed E-state index contributed by atoms with van der Waals surface area (Å²) in [5.41, 5.74) is 3.14. The van der Waals surface area contributed by atoms with Gasteiger partial charge in [-0.2, -0.15) is 0 Å².